The maximum atomic E-state index is 12.8. The number of carbonyl (C=O) groups excluding carboxylic acids is 1. The van der Waals surface area contributed by atoms with Gasteiger partial charge in [-0.25, -0.2) is 16.8 Å². The van der Waals surface area contributed by atoms with E-state index in [9.17, 15) is 21.6 Å². The first-order valence-electron chi connectivity index (χ1n) is 10.7. The molecular weight excluding hydrogens is 496 g/mol. The lowest BCUT2D eigenvalue weighted by Crippen LogP contribution is -2.34. The molecule has 186 valence electrons. The number of nitrogens with zero attached hydrogens (tertiary/aromatic N) is 3. The molecule has 1 aromatic heterocycles. The van der Waals surface area contributed by atoms with Gasteiger partial charge in [0.25, 0.3) is 5.91 Å². The molecule has 13 heteroatoms. The number of ether oxygens (including phenoxy) is 1. The molecule has 2 aromatic carbocycles. The van der Waals surface area contributed by atoms with Gasteiger partial charge in [0.15, 0.2) is 9.84 Å². The first-order valence-corrected chi connectivity index (χ1v) is 14.0. The second-order valence-electron chi connectivity index (χ2n) is 8.11. The summed E-state index contributed by atoms with van der Waals surface area (Å²) in [6.45, 7) is 0.897. The molecule has 2 heterocycles. The summed E-state index contributed by atoms with van der Waals surface area (Å²) in [7, 11) is -5.65. The van der Waals surface area contributed by atoms with E-state index >= 15 is 0 Å². The standard InChI is InChI=1S/C22H24N4O7S2/c1-26(14-17-6-4-12-32-17)35(30,31)18-10-8-15(9-11-18)20(27)23-22-25-24-21(33-22)16-5-3-7-19(13-16)34(2,28)29/h3,5,7-11,13,17H,4,6,12,14H2,1-2H3,(H,23,25,27). The predicted octanol–water partition coefficient (Wildman–Crippen LogP) is 2.19. The van der Waals surface area contributed by atoms with E-state index in [2.05, 4.69) is 15.5 Å². The van der Waals surface area contributed by atoms with Crippen LogP contribution in [0.15, 0.2) is 62.7 Å². The molecular formula is C22H24N4O7S2. The second-order valence-corrected chi connectivity index (χ2v) is 12.2. The van der Waals surface area contributed by atoms with Gasteiger partial charge in [0.2, 0.25) is 15.9 Å². The molecule has 1 unspecified atom stereocenters. The van der Waals surface area contributed by atoms with Crippen molar-refractivity contribution in [3.8, 4) is 11.5 Å². The van der Waals surface area contributed by atoms with Gasteiger partial charge in [0.1, 0.15) is 0 Å². The van der Waals surface area contributed by atoms with Gasteiger partial charge < -0.3 is 9.15 Å². The summed E-state index contributed by atoms with van der Waals surface area (Å²) in [5.41, 5.74) is 0.562. The fourth-order valence-corrected chi connectivity index (χ4v) is 5.42. The zero-order valence-electron chi connectivity index (χ0n) is 19.0. The molecule has 0 aliphatic carbocycles. The fraction of sp³-hybridized carbons (Fsp3) is 0.318. The molecule has 35 heavy (non-hydrogen) atoms. The Morgan fingerprint density at radius 2 is 1.83 bits per heavy atom. The minimum absolute atomic E-state index is 0.0292. The molecule has 4 rings (SSSR count). The van der Waals surface area contributed by atoms with Crippen LogP contribution in [0, 0.1) is 0 Å². The molecule has 1 fully saturated rings. The summed E-state index contributed by atoms with van der Waals surface area (Å²) < 4.78 is 61.3. The highest BCUT2D eigenvalue weighted by Gasteiger charge is 2.26. The van der Waals surface area contributed by atoms with E-state index in [0.717, 1.165) is 19.1 Å². The van der Waals surface area contributed by atoms with Crippen LogP contribution in [0.2, 0.25) is 0 Å². The summed E-state index contributed by atoms with van der Waals surface area (Å²) in [5, 5.41) is 10.1. The molecule has 1 saturated heterocycles. The Morgan fingerprint density at radius 1 is 1.09 bits per heavy atom. The van der Waals surface area contributed by atoms with Gasteiger partial charge in [-0.15, -0.1) is 5.10 Å². The van der Waals surface area contributed by atoms with Crippen molar-refractivity contribution in [1.29, 1.82) is 0 Å². The second kappa shape index (κ2) is 9.85. The number of amides is 1. The van der Waals surface area contributed by atoms with Crippen molar-refractivity contribution >= 4 is 31.8 Å². The third kappa shape index (κ3) is 5.75. The van der Waals surface area contributed by atoms with Crippen LogP contribution in [-0.4, -0.2) is 69.8 Å². The number of sulfone groups is 1. The van der Waals surface area contributed by atoms with E-state index in [1.165, 1.54) is 47.8 Å². The topological polar surface area (TPSA) is 149 Å². The van der Waals surface area contributed by atoms with Crippen molar-refractivity contribution in [3.05, 3.63) is 54.1 Å². The largest absolute Gasteiger partial charge is 0.403 e. The molecule has 1 amide bonds. The Kier molecular flexibility index (Phi) is 7.03. The normalized spacial score (nSPS) is 16.5. The Hall–Kier alpha value is -3.13. The maximum absolute atomic E-state index is 12.8. The third-order valence-electron chi connectivity index (χ3n) is 5.46. The summed E-state index contributed by atoms with van der Waals surface area (Å²) >= 11 is 0. The molecule has 1 atom stereocenters. The zero-order valence-corrected chi connectivity index (χ0v) is 20.7. The smallest absolute Gasteiger partial charge is 0.322 e. The molecule has 1 aliphatic heterocycles. The van der Waals surface area contributed by atoms with Gasteiger partial charge in [0.05, 0.1) is 15.9 Å². The first kappa shape index (κ1) is 25.0. The van der Waals surface area contributed by atoms with E-state index in [0.29, 0.717) is 12.2 Å². The van der Waals surface area contributed by atoms with Crippen molar-refractivity contribution in [1.82, 2.24) is 14.5 Å². The molecule has 0 spiro atoms. The van der Waals surface area contributed by atoms with E-state index in [-0.39, 0.29) is 39.9 Å². The average Bonchev–Trinajstić information content (AvgIpc) is 3.51. The molecule has 1 N–H and O–H groups in total. The van der Waals surface area contributed by atoms with Crippen molar-refractivity contribution in [2.45, 2.75) is 28.7 Å². The molecule has 3 aromatic rings. The van der Waals surface area contributed by atoms with Crippen LogP contribution in [0.3, 0.4) is 0 Å². The van der Waals surface area contributed by atoms with E-state index in [4.69, 9.17) is 9.15 Å². The van der Waals surface area contributed by atoms with Crippen LogP contribution in [0.1, 0.15) is 23.2 Å². The Labute approximate surface area is 203 Å². The number of rotatable bonds is 8. The lowest BCUT2D eigenvalue weighted by molar-refractivity contribution is 0.0979. The highest BCUT2D eigenvalue weighted by Crippen LogP contribution is 2.24. The molecule has 11 nitrogen and oxygen atoms in total. The van der Waals surface area contributed by atoms with Crippen LogP contribution in [0.4, 0.5) is 6.01 Å². The van der Waals surface area contributed by atoms with Crippen LogP contribution < -0.4 is 5.32 Å². The summed E-state index contributed by atoms with van der Waals surface area (Å²) in [5.74, 6) is -0.553. The van der Waals surface area contributed by atoms with Crippen LogP contribution in [-0.2, 0) is 24.6 Å². The van der Waals surface area contributed by atoms with Crippen LogP contribution >= 0.6 is 0 Å². The highest BCUT2D eigenvalue weighted by molar-refractivity contribution is 7.90. The van der Waals surface area contributed by atoms with E-state index < -0.39 is 25.8 Å². The molecule has 1 aliphatic rings. The molecule has 0 radical (unpaired) electrons. The van der Waals surface area contributed by atoms with Gasteiger partial charge in [-0.2, -0.15) is 4.31 Å². The number of likely N-dealkylation sites (N-methyl/N-ethyl adjacent to an activating group) is 1. The predicted molar refractivity (Wildman–Crippen MR) is 126 cm³/mol. The quantitative estimate of drug-likeness (QED) is 0.472. The number of nitrogens with one attached hydrogen (secondary N) is 1. The van der Waals surface area contributed by atoms with E-state index in [1.807, 2.05) is 0 Å². The monoisotopic (exact) mass is 520 g/mol. The van der Waals surface area contributed by atoms with Crippen molar-refractivity contribution in [2.75, 3.05) is 31.8 Å². The van der Waals surface area contributed by atoms with Crippen LogP contribution in [0.5, 0.6) is 0 Å². The number of carbonyl (C=O) groups is 1. The number of anilines is 1. The molecule has 0 saturated carbocycles. The SMILES string of the molecule is CN(CC1CCCO1)S(=O)(=O)c1ccc(C(=O)Nc2nnc(-c3cccc(S(C)(=O)=O)c3)o2)cc1. The van der Waals surface area contributed by atoms with Gasteiger partial charge in [-0.1, -0.05) is 11.2 Å². The molecule has 0 bridgehead atoms. The first-order chi connectivity index (χ1) is 16.5. The number of aromatic nitrogens is 2. The lowest BCUT2D eigenvalue weighted by atomic mass is 10.2. The van der Waals surface area contributed by atoms with Gasteiger partial charge >= 0.3 is 6.01 Å². The minimum Gasteiger partial charge on any atom is -0.403 e. The Bertz CT molecular complexity index is 1430. The summed E-state index contributed by atoms with van der Waals surface area (Å²) in [6, 6.07) is 11.3. The van der Waals surface area contributed by atoms with Crippen molar-refractivity contribution in [2.24, 2.45) is 0 Å². The highest BCUT2D eigenvalue weighted by atomic mass is 32.2. The summed E-state index contributed by atoms with van der Waals surface area (Å²) in [6.07, 6.45) is 2.70. The minimum atomic E-state index is -3.73. The number of sulfonamides is 1. The van der Waals surface area contributed by atoms with Gasteiger partial charge in [0, 0.05) is 37.6 Å². The van der Waals surface area contributed by atoms with Crippen molar-refractivity contribution in [3.63, 3.8) is 0 Å². The van der Waals surface area contributed by atoms with Gasteiger partial charge in [-0.05, 0) is 55.3 Å². The van der Waals surface area contributed by atoms with Crippen LogP contribution in [0.25, 0.3) is 11.5 Å². The Morgan fingerprint density at radius 3 is 2.49 bits per heavy atom. The number of hydrogen-bond acceptors (Lipinski definition) is 9. The average molecular weight is 521 g/mol. The third-order valence-corrected chi connectivity index (χ3v) is 8.41. The fourth-order valence-electron chi connectivity index (χ4n) is 3.55. The Balaban J connectivity index is 1.43. The summed E-state index contributed by atoms with van der Waals surface area (Å²) in [4.78, 5) is 12.7. The zero-order chi connectivity index (χ0) is 25.2. The van der Waals surface area contributed by atoms with E-state index in [1.54, 1.807) is 12.1 Å². The maximum Gasteiger partial charge on any atom is 0.322 e. The number of hydrogen-bond donors (Lipinski definition) is 1. The van der Waals surface area contributed by atoms with Gasteiger partial charge in [-0.3, -0.25) is 10.1 Å². The van der Waals surface area contributed by atoms with Crippen molar-refractivity contribution < 1.29 is 30.8 Å². The lowest BCUT2D eigenvalue weighted by Gasteiger charge is -2.20. The number of benzene rings is 2.